The Labute approximate surface area is 130 Å². The third kappa shape index (κ3) is 9.97. The third-order valence-electron chi connectivity index (χ3n) is 3.10. The first kappa shape index (κ1) is 18.0. The fourth-order valence-electron chi connectivity index (χ4n) is 1.80. The van der Waals surface area contributed by atoms with E-state index >= 15 is 0 Å². The summed E-state index contributed by atoms with van der Waals surface area (Å²) in [4.78, 5) is 4.60. The molecule has 0 spiro atoms. The first-order chi connectivity index (χ1) is 8.22. The number of hydrogen-bond donors (Lipinski definition) is 2. The van der Waals surface area contributed by atoms with Crippen molar-refractivity contribution in [3.05, 3.63) is 0 Å². The monoisotopic (exact) mass is 367 g/mol. The molecule has 0 aromatic carbocycles. The van der Waals surface area contributed by atoms with E-state index in [0.717, 1.165) is 37.4 Å². The molecule has 0 aliphatic heterocycles. The van der Waals surface area contributed by atoms with Crippen LogP contribution in [0.4, 0.5) is 0 Å². The second kappa shape index (κ2) is 10.9. The molecule has 0 unspecified atom stereocenters. The molecule has 108 valence electrons. The van der Waals surface area contributed by atoms with Crippen LogP contribution in [0.15, 0.2) is 4.99 Å². The predicted octanol–water partition coefficient (Wildman–Crippen LogP) is 3.40. The van der Waals surface area contributed by atoms with Crippen LogP contribution in [0.25, 0.3) is 0 Å². The summed E-state index contributed by atoms with van der Waals surface area (Å²) in [5.41, 5.74) is 0. The summed E-state index contributed by atoms with van der Waals surface area (Å²) in [6.45, 7) is 9.54. The Balaban J connectivity index is 0.00000289. The van der Waals surface area contributed by atoms with Gasteiger partial charge in [-0.1, -0.05) is 26.7 Å². The highest BCUT2D eigenvalue weighted by Crippen LogP contribution is 2.33. The molecule has 0 saturated heterocycles. The molecule has 1 aliphatic rings. The summed E-state index contributed by atoms with van der Waals surface area (Å²) in [6.07, 6.45) is 6.72. The molecule has 0 heterocycles. The molecule has 0 bridgehead atoms. The highest BCUT2D eigenvalue weighted by molar-refractivity contribution is 14.0. The van der Waals surface area contributed by atoms with Gasteiger partial charge in [0.15, 0.2) is 5.96 Å². The van der Waals surface area contributed by atoms with Gasteiger partial charge in [-0.15, -0.1) is 24.0 Å². The summed E-state index contributed by atoms with van der Waals surface area (Å²) < 4.78 is 0. The highest BCUT2D eigenvalue weighted by Gasteiger charge is 2.19. The van der Waals surface area contributed by atoms with Gasteiger partial charge in [0.05, 0.1) is 0 Å². The van der Waals surface area contributed by atoms with Crippen molar-refractivity contribution >= 4 is 29.9 Å². The molecule has 1 rings (SSSR count). The number of nitrogens with one attached hydrogen (secondary N) is 2. The van der Waals surface area contributed by atoms with Crippen molar-refractivity contribution in [2.75, 3.05) is 19.6 Å². The first-order valence-electron chi connectivity index (χ1n) is 7.24. The summed E-state index contributed by atoms with van der Waals surface area (Å²) >= 11 is 0. The zero-order chi connectivity index (χ0) is 12.5. The van der Waals surface area contributed by atoms with Crippen LogP contribution < -0.4 is 10.6 Å². The molecular weight excluding hydrogens is 337 g/mol. The zero-order valence-corrected chi connectivity index (χ0v) is 14.5. The van der Waals surface area contributed by atoms with E-state index in [0.29, 0.717) is 0 Å². The van der Waals surface area contributed by atoms with E-state index in [1.807, 2.05) is 0 Å². The number of nitrogens with zero attached hydrogens (tertiary/aromatic N) is 1. The molecule has 0 aromatic heterocycles. The highest BCUT2D eigenvalue weighted by atomic mass is 127. The normalized spacial score (nSPS) is 15.4. The second-order valence-electron chi connectivity index (χ2n) is 5.46. The lowest BCUT2D eigenvalue weighted by Gasteiger charge is -2.12. The van der Waals surface area contributed by atoms with Crippen LogP contribution in [0, 0.1) is 11.8 Å². The Bertz CT molecular complexity index is 225. The Morgan fingerprint density at radius 1 is 1.28 bits per heavy atom. The van der Waals surface area contributed by atoms with Crippen LogP contribution in [0.2, 0.25) is 0 Å². The summed E-state index contributed by atoms with van der Waals surface area (Å²) in [7, 11) is 0. The molecule has 1 saturated carbocycles. The molecule has 2 N–H and O–H groups in total. The number of halogens is 1. The van der Waals surface area contributed by atoms with Crippen molar-refractivity contribution in [1.29, 1.82) is 0 Å². The maximum Gasteiger partial charge on any atom is 0.191 e. The van der Waals surface area contributed by atoms with Crippen LogP contribution in [-0.2, 0) is 0 Å². The molecular formula is C14H30IN3. The fourth-order valence-corrected chi connectivity index (χ4v) is 1.80. The van der Waals surface area contributed by atoms with Crippen molar-refractivity contribution in [3.8, 4) is 0 Å². The minimum atomic E-state index is 0. The minimum absolute atomic E-state index is 0. The molecule has 1 aliphatic carbocycles. The van der Waals surface area contributed by atoms with E-state index in [-0.39, 0.29) is 24.0 Å². The number of rotatable bonds is 8. The van der Waals surface area contributed by atoms with Gasteiger partial charge >= 0.3 is 0 Å². The molecule has 0 aromatic rings. The lowest BCUT2D eigenvalue weighted by molar-refractivity contribution is 0.573. The quantitative estimate of drug-likeness (QED) is 0.299. The lowest BCUT2D eigenvalue weighted by Crippen LogP contribution is -2.38. The van der Waals surface area contributed by atoms with Gasteiger partial charge in [-0.2, -0.15) is 0 Å². The SMILES string of the molecule is CCNC(=NCCCC1CC1)NCCC(C)C.I. The summed E-state index contributed by atoms with van der Waals surface area (Å²) in [5, 5.41) is 6.69. The first-order valence-corrected chi connectivity index (χ1v) is 7.24. The topological polar surface area (TPSA) is 36.4 Å². The van der Waals surface area contributed by atoms with E-state index in [4.69, 9.17) is 0 Å². The largest absolute Gasteiger partial charge is 0.357 e. The molecule has 3 nitrogen and oxygen atoms in total. The Hall–Kier alpha value is 0. The summed E-state index contributed by atoms with van der Waals surface area (Å²) in [5.74, 6) is 2.77. The van der Waals surface area contributed by atoms with Crippen LogP contribution >= 0.6 is 24.0 Å². The Morgan fingerprint density at radius 2 is 2.00 bits per heavy atom. The van der Waals surface area contributed by atoms with Crippen LogP contribution in [0.1, 0.15) is 52.9 Å². The van der Waals surface area contributed by atoms with E-state index < -0.39 is 0 Å². The van der Waals surface area contributed by atoms with Crippen LogP contribution in [0.3, 0.4) is 0 Å². The predicted molar refractivity (Wildman–Crippen MR) is 90.8 cm³/mol. The zero-order valence-electron chi connectivity index (χ0n) is 12.2. The third-order valence-corrected chi connectivity index (χ3v) is 3.10. The molecule has 1 fully saturated rings. The molecule has 0 amide bonds. The second-order valence-corrected chi connectivity index (χ2v) is 5.46. The van der Waals surface area contributed by atoms with Crippen molar-refractivity contribution in [2.45, 2.75) is 52.9 Å². The van der Waals surface area contributed by atoms with E-state index in [9.17, 15) is 0 Å². The van der Waals surface area contributed by atoms with E-state index in [2.05, 4.69) is 36.4 Å². The van der Waals surface area contributed by atoms with E-state index in [1.165, 1.54) is 32.1 Å². The van der Waals surface area contributed by atoms with Gasteiger partial charge in [-0.3, -0.25) is 4.99 Å². The number of guanidine groups is 1. The lowest BCUT2D eigenvalue weighted by atomic mass is 10.1. The van der Waals surface area contributed by atoms with Crippen LogP contribution in [0.5, 0.6) is 0 Å². The Kier molecular flexibility index (Phi) is 10.9. The van der Waals surface area contributed by atoms with Gasteiger partial charge in [0.1, 0.15) is 0 Å². The van der Waals surface area contributed by atoms with Gasteiger partial charge in [0.25, 0.3) is 0 Å². The summed E-state index contributed by atoms with van der Waals surface area (Å²) in [6, 6.07) is 0. The number of hydrogen-bond acceptors (Lipinski definition) is 1. The average molecular weight is 367 g/mol. The minimum Gasteiger partial charge on any atom is -0.357 e. The molecule has 0 atom stereocenters. The molecule has 18 heavy (non-hydrogen) atoms. The van der Waals surface area contributed by atoms with Gasteiger partial charge in [-0.25, -0.2) is 0 Å². The Morgan fingerprint density at radius 3 is 2.56 bits per heavy atom. The van der Waals surface area contributed by atoms with Crippen molar-refractivity contribution in [2.24, 2.45) is 16.8 Å². The standard InChI is InChI=1S/C14H29N3.HI/c1-4-15-14(17-11-9-12(2)3)16-10-5-6-13-7-8-13;/h12-13H,4-11H2,1-3H3,(H2,15,16,17);1H. The van der Waals surface area contributed by atoms with Gasteiger partial charge in [0, 0.05) is 19.6 Å². The van der Waals surface area contributed by atoms with Gasteiger partial charge in [-0.05, 0) is 38.0 Å². The van der Waals surface area contributed by atoms with Crippen molar-refractivity contribution < 1.29 is 0 Å². The van der Waals surface area contributed by atoms with E-state index in [1.54, 1.807) is 0 Å². The smallest absolute Gasteiger partial charge is 0.191 e. The average Bonchev–Trinajstić information content (AvgIpc) is 3.07. The fraction of sp³-hybridized carbons (Fsp3) is 0.929. The van der Waals surface area contributed by atoms with Crippen molar-refractivity contribution in [3.63, 3.8) is 0 Å². The number of aliphatic imine (C=N–C) groups is 1. The molecule has 4 heteroatoms. The molecule has 0 radical (unpaired) electrons. The van der Waals surface area contributed by atoms with Crippen LogP contribution in [-0.4, -0.2) is 25.6 Å². The van der Waals surface area contributed by atoms with Gasteiger partial charge < -0.3 is 10.6 Å². The maximum atomic E-state index is 4.60. The maximum absolute atomic E-state index is 4.60. The van der Waals surface area contributed by atoms with Gasteiger partial charge in [0.2, 0.25) is 0 Å². The van der Waals surface area contributed by atoms with Crippen molar-refractivity contribution in [1.82, 2.24) is 10.6 Å².